The molecule has 0 heterocycles. The Morgan fingerprint density at radius 3 is 1.50 bits per heavy atom. The third-order valence-corrected chi connectivity index (χ3v) is 0.102. The molecule has 42 valence electrons. The van der Waals surface area contributed by atoms with Crippen molar-refractivity contribution in [3.63, 3.8) is 0 Å². The maximum Gasteiger partial charge on any atom is 1.00 e. The number of aliphatic carboxylic acids is 1. The van der Waals surface area contributed by atoms with Gasteiger partial charge in [-0.15, -0.1) is 0 Å². The Labute approximate surface area is 102 Å². The standard InChI is InChI=1S/C3HO2.CO2.2Na/c1-2-3(4)5;2-1-3;;/h(H,4,5);;;/q-1;;2*+1/p-1/i4-3;;;. The van der Waals surface area contributed by atoms with Crippen LogP contribution in [0.15, 0.2) is 0 Å². The van der Waals surface area contributed by atoms with Gasteiger partial charge in [0.05, 0.1) is 0 Å². The van der Waals surface area contributed by atoms with Gasteiger partial charge in [0.1, 0.15) is 0 Å². The molecule has 0 aromatic rings. The van der Waals surface area contributed by atoms with E-state index in [4.69, 9.17) is 25.9 Å². The van der Waals surface area contributed by atoms with Gasteiger partial charge in [-0.05, 0) is 0 Å². The Balaban J connectivity index is -0.0000000326. The SMILES string of the molecule is O=C=O.[C-]#CC([O-])=[13O].[Na+].[Na+]. The van der Waals surface area contributed by atoms with Gasteiger partial charge in [-0.3, -0.25) is 5.92 Å². The summed E-state index contributed by atoms with van der Waals surface area (Å²) < 4.78 is 0. The fourth-order valence-electron chi connectivity index (χ4n) is 0. The summed E-state index contributed by atoms with van der Waals surface area (Å²) in [5.74, 6) is -0.495. The van der Waals surface area contributed by atoms with E-state index in [9.17, 15) is 0 Å². The van der Waals surface area contributed by atoms with Crippen LogP contribution in [0, 0.1) is 12.3 Å². The van der Waals surface area contributed by atoms with Crippen molar-refractivity contribution >= 4 is 12.1 Å². The topological polar surface area (TPSA) is 74.3 Å². The van der Waals surface area contributed by atoms with Crippen molar-refractivity contribution in [1.29, 1.82) is 0 Å². The van der Waals surface area contributed by atoms with Crippen LogP contribution in [0.2, 0.25) is 0 Å². The third kappa shape index (κ3) is 79.5. The van der Waals surface area contributed by atoms with Crippen LogP contribution in [0.25, 0.3) is 0 Å². The average Bonchev–Trinajstić information content (AvgIpc) is 1.69. The van der Waals surface area contributed by atoms with E-state index in [0.717, 1.165) is 5.92 Å². The fourth-order valence-corrected chi connectivity index (χ4v) is 0. The van der Waals surface area contributed by atoms with E-state index in [1.165, 1.54) is 0 Å². The van der Waals surface area contributed by atoms with Crippen molar-refractivity contribution in [1.82, 2.24) is 0 Å². The van der Waals surface area contributed by atoms with Crippen LogP contribution in [0.5, 0.6) is 0 Å². The first-order valence-corrected chi connectivity index (χ1v) is 1.32. The summed E-state index contributed by atoms with van der Waals surface area (Å²) in [5, 5.41) is 8.96. The number of carboxylic acids is 1. The minimum absolute atomic E-state index is 0. The van der Waals surface area contributed by atoms with Crippen molar-refractivity contribution in [2.45, 2.75) is 0 Å². The van der Waals surface area contributed by atoms with Gasteiger partial charge in [0.15, 0.2) is 0 Å². The van der Waals surface area contributed by atoms with E-state index in [1.807, 2.05) is 0 Å². The molecule has 0 N–H and O–H groups in total. The predicted molar refractivity (Wildman–Crippen MR) is 17.1 cm³/mol. The molecule has 0 aromatic carbocycles. The number of rotatable bonds is 0. The van der Waals surface area contributed by atoms with Crippen molar-refractivity contribution in [3.8, 4) is 5.92 Å². The van der Waals surface area contributed by atoms with Crippen LogP contribution in [0.3, 0.4) is 0 Å². The Morgan fingerprint density at radius 1 is 1.40 bits per heavy atom. The van der Waals surface area contributed by atoms with Crippen molar-refractivity contribution in [2.75, 3.05) is 0 Å². The van der Waals surface area contributed by atoms with Crippen molar-refractivity contribution < 1.29 is 78.6 Å². The second-order valence-electron chi connectivity index (χ2n) is 0.496. The quantitative estimate of drug-likeness (QED) is 0.198. The monoisotopic (exact) mass is 155 g/mol. The Kier molecular flexibility index (Phi) is 51.0. The Bertz CT molecular complexity index is 142. The van der Waals surface area contributed by atoms with Crippen molar-refractivity contribution in [3.05, 3.63) is 6.42 Å². The molecule has 0 amide bonds. The zero-order valence-electron chi connectivity index (χ0n) is 5.63. The maximum absolute atomic E-state index is 8.96. The number of carbonyl (C=O) groups is 1. The van der Waals surface area contributed by atoms with Crippen LogP contribution in [-0.4, -0.2) is 12.1 Å². The number of hydrogen-bond acceptors (Lipinski definition) is 4. The number of carbonyl (C=O) groups excluding carboxylic acids is 3. The van der Waals surface area contributed by atoms with Crippen LogP contribution in [-0.2, 0) is 14.4 Å². The van der Waals surface area contributed by atoms with Gasteiger partial charge in [-0.25, -0.2) is 0 Å². The molecule has 0 saturated heterocycles. The van der Waals surface area contributed by atoms with E-state index in [-0.39, 0.29) is 65.3 Å². The van der Waals surface area contributed by atoms with E-state index in [0.29, 0.717) is 0 Å². The van der Waals surface area contributed by atoms with Gasteiger partial charge in [0.25, 0.3) is 0 Å². The molecule has 6 heteroatoms. The molecule has 0 spiro atoms. The molecule has 0 bridgehead atoms. The summed E-state index contributed by atoms with van der Waals surface area (Å²) in [7, 11) is 0. The normalized spacial score (nSPS) is 3.50. The molecule has 0 rings (SSSR count). The molecular formula is C4Na2O4. The minimum Gasteiger partial charge on any atom is -0.649 e. The Hall–Kier alpha value is 0.410. The van der Waals surface area contributed by atoms with Gasteiger partial charge >= 0.3 is 65.3 Å². The number of carboxylic acid groups (broad SMARTS) is 1. The molecule has 0 radical (unpaired) electrons. The minimum atomic E-state index is -1.58. The molecular weight excluding hydrogens is 155 g/mol. The van der Waals surface area contributed by atoms with Crippen LogP contribution >= 0.6 is 0 Å². The third-order valence-electron chi connectivity index (χ3n) is 0.102. The van der Waals surface area contributed by atoms with E-state index in [2.05, 4.69) is 0 Å². The molecule has 0 aromatic heterocycles. The summed E-state index contributed by atoms with van der Waals surface area (Å²) in [6.07, 6.45) is 6.00. The summed E-state index contributed by atoms with van der Waals surface area (Å²) in [5.41, 5.74) is 0. The maximum atomic E-state index is 8.96. The average molecular weight is 155 g/mol. The van der Waals surface area contributed by atoms with Crippen LogP contribution in [0.4, 0.5) is 0 Å². The first kappa shape index (κ1) is 22.4. The molecule has 0 aliphatic carbocycles. The molecule has 0 atom stereocenters. The summed E-state index contributed by atoms with van der Waals surface area (Å²) in [4.78, 5) is 25.2. The smallest absolute Gasteiger partial charge is 0.649 e. The first-order valence-electron chi connectivity index (χ1n) is 1.32. The van der Waals surface area contributed by atoms with E-state index < -0.39 is 5.97 Å². The second-order valence-corrected chi connectivity index (χ2v) is 0.496. The molecule has 10 heavy (non-hydrogen) atoms. The Morgan fingerprint density at radius 2 is 1.50 bits per heavy atom. The predicted octanol–water partition coefficient (Wildman–Crippen LogP) is -8.25. The fraction of sp³-hybridized carbons (Fsp3) is 0. The first-order chi connectivity index (χ1) is 3.68. The van der Waals surface area contributed by atoms with Crippen molar-refractivity contribution in [2.24, 2.45) is 0 Å². The molecule has 0 aliphatic heterocycles. The molecule has 0 aliphatic rings. The molecule has 0 unspecified atom stereocenters. The van der Waals surface area contributed by atoms with Gasteiger partial charge in [-0.2, -0.15) is 9.59 Å². The summed E-state index contributed by atoms with van der Waals surface area (Å²) in [6, 6.07) is 0. The van der Waals surface area contributed by atoms with Crippen LogP contribution < -0.4 is 64.2 Å². The van der Waals surface area contributed by atoms with Gasteiger partial charge < -0.3 is 16.3 Å². The van der Waals surface area contributed by atoms with Crippen LogP contribution in [0.1, 0.15) is 0 Å². The zero-order chi connectivity index (χ0) is 6.99. The summed E-state index contributed by atoms with van der Waals surface area (Å²) >= 11 is 0. The molecule has 0 fully saturated rings. The van der Waals surface area contributed by atoms with E-state index >= 15 is 0 Å². The van der Waals surface area contributed by atoms with Gasteiger partial charge in [-0.1, -0.05) is 5.97 Å². The van der Waals surface area contributed by atoms with Gasteiger partial charge in [0, 0.05) is 0 Å². The van der Waals surface area contributed by atoms with Gasteiger partial charge in [0.2, 0.25) is 0 Å². The molecule has 0 saturated carbocycles. The van der Waals surface area contributed by atoms with E-state index in [1.54, 1.807) is 0 Å². The molecule has 4 nitrogen and oxygen atoms in total. The zero-order valence-corrected chi connectivity index (χ0v) is 9.63. The summed E-state index contributed by atoms with van der Waals surface area (Å²) in [6.45, 7) is 0. The number of hydrogen-bond donors (Lipinski definition) is 0. The second kappa shape index (κ2) is 22.7. The largest absolute Gasteiger partial charge is 1.00 e.